The third kappa shape index (κ3) is 7.64. The Bertz CT molecular complexity index is 1080. The molecular weight excluding hydrogens is 971 g/mol. The van der Waals surface area contributed by atoms with Crippen LogP contribution in [0.5, 0.6) is 11.5 Å². The zero-order chi connectivity index (χ0) is 21.9. The largest absolute Gasteiger partial charge is 0.744 e. The third-order valence-corrected chi connectivity index (χ3v) is 8.56. The highest BCUT2D eigenvalue weighted by atomic mass is 127. The Morgan fingerprint density at radius 1 is 0.793 bits per heavy atom. The lowest BCUT2D eigenvalue weighted by atomic mass is 10.3. The minimum absolute atomic E-state index is 0.0379. The van der Waals surface area contributed by atoms with Crippen LogP contribution in [0.15, 0.2) is 41.3 Å². The van der Waals surface area contributed by atoms with Gasteiger partial charge in [0.15, 0.2) is 5.75 Å². The number of hydrogen-bond donors (Lipinski definition) is 0. The average molecular weight is 977 g/mol. The number of ether oxygens (including phenoxy) is 2. The first-order valence-electron chi connectivity index (χ1n) is 7.09. The fraction of sp³-hybridized carbons (Fsp3) is 0. The average Bonchev–Trinajstić information content (AvgIpc) is 2.54. The summed E-state index contributed by atoms with van der Waals surface area (Å²) in [6, 6.07) is 6.18. The van der Waals surface area contributed by atoms with E-state index >= 15 is 0 Å². The van der Waals surface area contributed by atoms with Crippen LogP contribution in [0.1, 0.15) is 0 Å². The smallest absolute Gasteiger partial charge is 0.336 e. The van der Waals surface area contributed by atoms with Crippen LogP contribution in [0, 0.1) is 17.9 Å². The normalized spacial score (nSPS) is 11.5. The second kappa shape index (κ2) is 11.0. The number of halogens is 5. The van der Waals surface area contributed by atoms with Gasteiger partial charge in [0, 0.05) is 22.9 Å². The molecule has 7 nitrogen and oxygen atoms in total. The van der Waals surface area contributed by atoms with E-state index in [1.807, 2.05) is 57.3 Å². The van der Waals surface area contributed by atoms with Gasteiger partial charge in [0.05, 0.1) is 12.0 Å². The molecule has 0 spiro atoms. The SMILES string of the molecule is O=C(/C=C\C(=O)Oc1c(I)cc(I)cc1I)Oc1cc(I)c(S(=O)(=O)[O-])c(I)c1. The predicted molar refractivity (Wildman–Crippen MR) is 145 cm³/mol. The zero-order valence-corrected chi connectivity index (χ0v) is 25.2. The van der Waals surface area contributed by atoms with Crippen molar-refractivity contribution in [3.63, 3.8) is 0 Å². The van der Waals surface area contributed by atoms with Gasteiger partial charge in [0.1, 0.15) is 15.9 Å². The molecule has 29 heavy (non-hydrogen) atoms. The molecule has 2 aromatic carbocycles. The van der Waals surface area contributed by atoms with E-state index in [2.05, 4.69) is 22.6 Å². The standard InChI is InChI=1S/C16H7I5O7S/c17-7-3-9(18)15(10(19)4-7)28-14(23)2-1-13(22)27-8-5-11(20)16(12(21)6-8)29(24,25)26/h1-6H,(H,24,25,26)/p-1/b2-1-. The van der Waals surface area contributed by atoms with E-state index in [1.165, 1.54) is 12.1 Å². The van der Waals surface area contributed by atoms with E-state index < -0.39 is 22.1 Å². The van der Waals surface area contributed by atoms with E-state index in [1.54, 1.807) is 45.2 Å². The summed E-state index contributed by atoms with van der Waals surface area (Å²) in [6.45, 7) is 0. The Morgan fingerprint density at radius 2 is 1.24 bits per heavy atom. The lowest BCUT2D eigenvalue weighted by Crippen LogP contribution is -2.10. The van der Waals surface area contributed by atoms with Crippen LogP contribution in [-0.2, 0) is 19.7 Å². The Hall–Kier alpha value is 0.680. The molecule has 0 aromatic heterocycles. The van der Waals surface area contributed by atoms with Crippen molar-refractivity contribution < 1.29 is 32.0 Å². The van der Waals surface area contributed by atoms with Gasteiger partial charge in [-0.25, -0.2) is 18.0 Å². The minimum atomic E-state index is -4.65. The summed E-state index contributed by atoms with van der Waals surface area (Å²) in [5, 5.41) is 0. The molecule has 0 saturated carbocycles. The Labute approximate surface area is 234 Å². The van der Waals surface area contributed by atoms with Crippen LogP contribution in [-0.4, -0.2) is 24.9 Å². The van der Waals surface area contributed by atoms with Crippen LogP contribution in [0.4, 0.5) is 0 Å². The maximum atomic E-state index is 12.0. The van der Waals surface area contributed by atoms with Crippen molar-refractivity contribution in [1.82, 2.24) is 0 Å². The molecule has 2 rings (SSSR count). The number of carbonyl (C=O) groups excluding carboxylic acids is 2. The minimum Gasteiger partial charge on any atom is -0.744 e. The second-order valence-electron chi connectivity index (χ2n) is 5.04. The van der Waals surface area contributed by atoms with Crippen LogP contribution < -0.4 is 9.47 Å². The highest BCUT2D eigenvalue weighted by Crippen LogP contribution is 2.30. The van der Waals surface area contributed by atoms with Crippen molar-refractivity contribution in [3.05, 3.63) is 54.3 Å². The first-order chi connectivity index (χ1) is 13.4. The van der Waals surface area contributed by atoms with Crippen molar-refractivity contribution in [2.45, 2.75) is 4.90 Å². The maximum Gasteiger partial charge on any atom is 0.336 e. The lowest BCUT2D eigenvalue weighted by molar-refractivity contribution is -0.131. The van der Waals surface area contributed by atoms with Crippen molar-refractivity contribution in [2.24, 2.45) is 0 Å². The molecule has 0 bridgehead atoms. The summed E-state index contributed by atoms with van der Waals surface area (Å²) in [5.74, 6) is -1.18. The van der Waals surface area contributed by atoms with E-state index in [9.17, 15) is 22.6 Å². The van der Waals surface area contributed by atoms with Gasteiger partial charge in [0.25, 0.3) is 0 Å². The van der Waals surface area contributed by atoms with Gasteiger partial charge in [-0.05, 0) is 137 Å². The molecule has 0 aliphatic heterocycles. The first-order valence-corrected chi connectivity index (χ1v) is 13.9. The monoisotopic (exact) mass is 977 g/mol. The van der Waals surface area contributed by atoms with Gasteiger partial charge >= 0.3 is 11.9 Å². The summed E-state index contributed by atoms with van der Waals surface area (Å²) in [7, 11) is -4.65. The van der Waals surface area contributed by atoms with Crippen molar-refractivity contribution >= 4 is 135 Å². The molecule has 0 N–H and O–H groups in total. The maximum absolute atomic E-state index is 12.0. The fourth-order valence-electron chi connectivity index (χ4n) is 1.88. The molecule has 0 amide bonds. The van der Waals surface area contributed by atoms with Gasteiger partial charge in [-0.1, -0.05) is 0 Å². The fourth-order valence-corrected chi connectivity index (χ4v) is 9.61. The van der Waals surface area contributed by atoms with Crippen molar-refractivity contribution in [1.29, 1.82) is 0 Å². The van der Waals surface area contributed by atoms with E-state index in [-0.39, 0.29) is 17.8 Å². The van der Waals surface area contributed by atoms with Crippen molar-refractivity contribution in [3.8, 4) is 11.5 Å². The number of carbonyl (C=O) groups is 2. The molecule has 0 aliphatic rings. The highest BCUT2D eigenvalue weighted by Gasteiger charge is 2.16. The Morgan fingerprint density at radius 3 is 1.69 bits per heavy atom. The molecule has 0 saturated heterocycles. The molecule has 2 aromatic rings. The third-order valence-electron chi connectivity index (χ3n) is 2.96. The van der Waals surface area contributed by atoms with Crippen LogP contribution >= 0.6 is 113 Å². The number of hydrogen-bond acceptors (Lipinski definition) is 7. The number of esters is 2. The van der Waals surface area contributed by atoms with Crippen LogP contribution in [0.25, 0.3) is 0 Å². The highest BCUT2D eigenvalue weighted by molar-refractivity contribution is 14.1. The molecule has 0 unspecified atom stereocenters. The lowest BCUT2D eigenvalue weighted by Gasteiger charge is -2.13. The quantitative estimate of drug-likeness (QED) is 0.141. The van der Waals surface area contributed by atoms with Gasteiger partial charge < -0.3 is 14.0 Å². The van der Waals surface area contributed by atoms with E-state index in [0.717, 1.165) is 22.9 Å². The van der Waals surface area contributed by atoms with Crippen LogP contribution in [0.2, 0.25) is 0 Å². The zero-order valence-electron chi connectivity index (χ0n) is 13.6. The summed E-state index contributed by atoms with van der Waals surface area (Å²) in [6.07, 6.45) is 1.83. The first kappa shape index (κ1) is 25.9. The molecular formula is C16H6I5O7S-. The summed E-state index contributed by atoms with van der Waals surface area (Å²) in [5.41, 5.74) is 0. The summed E-state index contributed by atoms with van der Waals surface area (Å²) < 4.78 is 46.9. The van der Waals surface area contributed by atoms with Gasteiger partial charge in [-0.15, -0.1) is 0 Å². The summed E-state index contributed by atoms with van der Waals surface area (Å²) in [4.78, 5) is 23.6. The molecule has 0 fully saturated rings. The molecule has 0 radical (unpaired) electrons. The Kier molecular flexibility index (Phi) is 9.84. The van der Waals surface area contributed by atoms with Crippen molar-refractivity contribution in [2.75, 3.05) is 0 Å². The van der Waals surface area contributed by atoms with Gasteiger partial charge in [-0.2, -0.15) is 0 Å². The topological polar surface area (TPSA) is 110 Å². The molecule has 0 aliphatic carbocycles. The molecule has 0 atom stereocenters. The molecule has 154 valence electrons. The van der Waals surface area contributed by atoms with Gasteiger partial charge in [0.2, 0.25) is 0 Å². The second-order valence-corrected chi connectivity index (χ2v) is 12.3. The Balaban J connectivity index is 2.09. The van der Waals surface area contributed by atoms with E-state index in [4.69, 9.17) is 9.47 Å². The molecule has 13 heteroatoms. The summed E-state index contributed by atoms with van der Waals surface area (Å²) >= 11 is 9.58. The van der Waals surface area contributed by atoms with E-state index in [0.29, 0.717) is 5.75 Å². The predicted octanol–water partition coefficient (Wildman–Crippen LogP) is 4.68. The number of benzene rings is 2. The number of rotatable bonds is 5. The van der Waals surface area contributed by atoms with Crippen LogP contribution in [0.3, 0.4) is 0 Å². The van der Waals surface area contributed by atoms with Gasteiger partial charge in [-0.3, -0.25) is 0 Å². The molecule has 0 heterocycles.